The predicted octanol–water partition coefficient (Wildman–Crippen LogP) is 1.98. The second kappa shape index (κ2) is 6.26. The molecule has 0 unspecified atom stereocenters. The fourth-order valence-corrected chi connectivity index (χ4v) is 1.80. The molecule has 2 N–H and O–H groups in total. The zero-order chi connectivity index (χ0) is 12.8. The first-order valence-electron chi connectivity index (χ1n) is 6.32. The van der Waals surface area contributed by atoms with Crippen LogP contribution in [0.4, 0.5) is 0 Å². The summed E-state index contributed by atoms with van der Waals surface area (Å²) in [6.07, 6.45) is 5.38. The van der Waals surface area contributed by atoms with E-state index in [1.807, 2.05) is 12.1 Å². The summed E-state index contributed by atoms with van der Waals surface area (Å²) in [5.74, 6) is 1.24. The van der Waals surface area contributed by atoms with Crippen molar-refractivity contribution in [3.8, 4) is 11.5 Å². The van der Waals surface area contributed by atoms with E-state index in [0.717, 1.165) is 36.9 Å². The predicted molar refractivity (Wildman–Crippen MR) is 68.9 cm³/mol. The largest absolute Gasteiger partial charge is 0.339 e. The molecule has 0 atom stereocenters. The molecule has 0 aromatic carbocycles. The van der Waals surface area contributed by atoms with Gasteiger partial charge in [-0.2, -0.15) is 4.98 Å². The lowest BCUT2D eigenvalue weighted by atomic mass is 10.1. The van der Waals surface area contributed by atoms with Crippen LogP contribution in [0.1, 0.15) is 31.2 Å². The van der Waals surface area contributed by atoms with Gasteiger partial charge in [-0.15, -0.1) is 0 Å². The lowest BCUT2D eigenvalue weighted by Crippen LogP contribution is -1.99. The highest BCUT2D eigenvalue weighted by Gasteiger charge is 2.12. The van der Waals surface area contributed by atoms with E-state index in [4.69, 9.17) is 10.3 Å². The van der Waals surface area contributed by atoms with E-state index in [1.54, 1.807) is 6.20 Å². The van der Waals surface area contributed by atoms with Gasteiger partial charge in [0.25, 0.3) is 0 Å². The first kappa shape index (κ1) is 12.7. The van der Waals surface area contributed by atoms with Crippen molar-refractivity contribution in [2.24, 2.45) is 5.73 Å². The number of aryl methyl sites for hydroxylation is 2. The minimum atomic E-state index is 0.579. The first-order valence-corrected chi connectivity index (χ1v) is 6.32. The van der Waals surface area contributed by atoms with Crippen molar-refractivity contribution in [3.05, 3.63) is 29.8 Å². The van der Waals surface area contributed by atoms with Crippen LogP contribution < -0.4 is 5.73 Å². The second-order valence-electron chi connectivity index (χ2n) is 4.12. The van der Waals surface area contributed by atoms with Crippen molar-refractivity contribution in [2.75, 3.05) is 6.54 Å². The molecule has 2 aromatic rings. The molecule has 2 heterocycles. The van der Waals surface area contributed by atoms with Gasteiger partial charge in [0, 0.05) is 12.6 Å². The van der Waals surface area contributed by atoms with Gasteiger partial charge >= 0.3 is 0 Å². The Hall–Kier alpha value is -1.75. The van der Waals surface area contributed by atoms with Gasteiger partial charge in [-0.25, -0.2) is 0 Å². The van der Waals surface area contributed by atoms with Crippen LogP contribution in [0.25, 0.3) is 11.5 Å². The minimum Gasteiger partial charge on any atom is -0.339 e. The Morgan fingerprint density at radius 1 is 1.33 bits per heavy atom. The molecule has 0 aliphatic rings. The number of nitrogens with zero attached hydrogens (tertiary/aromatic N) is 3. The monoisotopic (exact) mass is 246 g/mol. The summed E-state index contributed by atoms with van der Waals surface area (Å²) < 4.78 is 5.22. The van der Waals surface area contributed by atoms with Gasteiger partial charge in [0.05, 0.1) is 0 Å². The van der Waals surface area contributed by atoms with Crippen LogP contribution in [-0.4, -0.2) is 21.7 Å². The summed E-state index contributed by atoms with van der Waals surface area (Å²) in [6.45, 7) is 2.78. The molecule has 5 heteroatoms. The molecule has 0 bridgehead atoms. The number of pyridine rings is 1. The molecule has 0 radical (unpaired) electrons. The van der Waals surface area contributed by atoms with Gasteiger partial charge in [-0.3, -0.25) is 4.98 Å². The number of hydrogen-bond donors (Lipinski definition) is 1. The standard InChI is InChI=1S/C13H18N4O/c1-2-10-6-5-9-15-12(10)13-16-11(18-17-13)7-3-4-8-14/h5-6,9H,2-4,7-8,14H2,1H3. The number of rotatable bonds is 6. The maximum Gasteiger partial charge on any atom is 0.227 e. The van der Waals surface area contributed by atoms with Crippen molar-refractivity contribution in [1.82, 2.24) is 15.1 Å². The first-order chi connectivity index (χ1) is 8.85. The normalized spacial score (nSPS) is 10.8. The number of aromatic nitrogens is 3. The molecule has 18 heavy (non-hydrogen) atoms. The molecule has 5 nitrogen and oxygen atoms in total. The third-order valence-electron chi connectivity index (χ3n) is 2.80. The van der Waals surface area contributed by atoms with Crippen molar-refractivity contribution in [3.63, 3.8) is 0 Å². The van der Waals surface area contributed by atoms with Gasteiger partial charge in [0.1, 0.15) is 5.69 Å². The highest BCUT2D eigenvalue weighted by molar-refractivity contribution is 5.53. The van der Waals surface area contributed by atoms with Crippen molar-refractivity contribution < 1.29 is 4.52 Å². The summed E-state index contributed by atoms with van der Waals surface area (Å²) in [4.78, 5) is 8.70. The van der Waals surface area contributed by atoms with Gasteiger partial charge in [0.2, 0.25) is 11.7 Å². The topological polar surface area (TPSA) is 77.8 Å². The zero-order valence-electron chi connectivity index (χ0n) is 10.6. The van der Waals surface area contributed by atoms with Crippen LogP contribution in [0.15, 0.2) is 22.9 Å². The summed E-state index contributed by atoms with van der Waals surface area (Å²) in [6, 6.07) is 3.96. The van der Waals surface area contributed by atoms with Crippen LogP contribution >= 0.6 is 0 Å². The van der Waals surface area contributed by atoms with Gasteiger partial charge in [-0.05, 0) is 37.4 Å². The summed E-state index contributed by atoms with van der Waals surface area (Å²) >= 11 is 0. The molecule has 0 saturated carbocycles. The van der Waals surface area contributed by atoms with E-state index in [2.05, 4.69) is 22.0 Å². The van der Waals surface area contributed by atoms with E-state index in [-0.39, 0.29) is 0 Å². The van der Waals surface area contributed by atoms with Gasteiger partial charge in [0.15, 0.2) is 0 Å². The fourth-order valence-electron chi connectivity index (χ4n) is 1.80. The Kier molecular flexibility index (Phi) is 4.41. The molecular weight excluding hydrogens is 228 g/mol. The van der Waals surface area contributed by atoms with Crippen LogP contribution in [0.5, 0.6) is 0 Å². The highest BCUT2D eigenvalue weighted by atomic mass is 16.5. The zero-order valence-corrected chi connectivity index (χ0v) is 10.6. The van der Waals surface area contributed by atoms with Crippen molar-refractivity contribution in [2.45, 2.75) is 32.6 Å². The number of hydrogen-bond acceptors (Lipinski definition) is 5. The minimum absolute atomic E-state index is 0.579. The van der Waals surface area contributed by atoms with Crippen LogP contribution in [0.2, 0.25) is 0 Å². The number of unbranched alkanes of at least 4 members (excludes halogenated alkanes) is 1. The molecule has 2 rings (SSSR count). The maximum absolute atomic E-state index is 5.45. The lowest BCUT2D eigenvalue weighted by molar-refractivity contribution is 0.375. The molecule has 96 valence electrons. The Bertz CT molecular complexity index is 495. The summed E-state index contributed by atoms with van der Waals surface area (Å²) in [7, 11) is 0. The number of nitrogens with two attached hydrogens (primary N) is 1. The smallest absolute Gasteiger partial charge is 0.227 e. The maximum atomic E-state index is 5.45. The average Bonchev–Trinajstić information content (AvgIpc) is 2.88. The molecule has 0 fully saturated rings. The second-order valence-corrected chi connectivity index (χ2v) is 4.12. The van der Waals surface area contributed by atoms with E-state index >= 15 is 0 Å². The van der Waals surface area contributed by atoms with Crippen LogP contribution in [0.3, 0.4) is 0 Å². The molecular formula is C13H18N4O. The van der Waals surface area contributed by atoms with Gasteiger partial charge in [-0.1, -0.05) is 18.1 Å². The Morgan fingerprint density at radius 2 is 2.22 bits per heavy atom. The van der Waals surface area contributed by atoms with E-state index in [9.17, 15) is 0 Å². The highest BCUT2D eigenvalue weighted by Crippen LogP contribution is 2.18. The third kappa shape index (κ3) is 2.92. The molecule has 0 spiro atoms. The van der Waals surface area contributed by atoms with E-state index < -0.39 is 0 Å². The summed E-state index contributed by atoms with van der Waals surface area (Å²) in [5, 5.41) is 3.99. The average molecular weight is 246 g/mol. The Morgan fingerprint density at radius 3 is 3.00 bits per heavy atom. The molecule has 0 amide bonds. The van der Waals surface area contributed by atoms with Crippen molar-refractivity contribution in [1.29, 1.82) is 0 Å². The SMILES string of the molecule is CCc1cccnc1-c1noc(CCCCN)n1. The van der Waals surface area contributed by atoms with E-state index in [1.165, 1.54) is 0 Å². The van der Waals surface area contributed by atoms with Crippen molar-refractivity contribution >= 4 is 0 Å². The molecule has 2 aromatic heterocycles. The fraction of sp³-hybridized carbons (Fsp3) is 0.462. The summed E-state index contributed by atoms with van der Waals surface area (Å²) in [5.41, 5.74) is 7.40. The van der Waals surface area contributed by atoms with Crippen LogP contribution in [0, 0.1) is 0 Å². The molecule has 0 aliphatic heterocycles. The van der Waals surface area contributed by atoms with Gasteiger partial charge < -0.3 is 10.3 Å². The Balaban J connectivity index is 2.13. The molecule has 0 aliphatic carbocycles. The quantitative estimate of drug-likeness (QED) is 0.788. The van der Waals surface area contributed by atoms with Crippen LogP contribution in [-0.2, 0) is 12.8 Å². The van der Waals surface area contributed by atoms with E-state index in [0.29, 0.717) is 18.3 Å². The Labute approximate surface area is 106 Å². The third-order valence-corrected chi connectivity index (χ3v) is 2.80. The lowest BCUT2D eigenvalue weighted by Gasteiger charge is -2.00. The molecule has 0 saturated heterocycles.